The Morgan fingerprint density at radius 1 is 1.35 bits per heavy atom. The summed E-state index contributed by atoms with van der Waals surface area (Å²) in [6.07, 6.45) is -2.79. The summed E-state index contributed by atoms with van der Waals surface area (Å²) in [5.74, 6) is 0. The zero-order valence-corrected chi connectivity index (χ0v) is 12.6. The fraction of sp³-hybridized carbons (Fsp3) is 0.357. The molecule has 1 fully saturated rings. The van der Waals surface area contributed by atoms with Crippen molar-refractivity contribution in [2.45, 2.75) is 31.6 Å². The minimum absolute atomic E-state index is 0.0363. The Hall–Kier alpha value is -2.16. The molecular formula is C14H12F3N3O2S. The van der Waals surface area contributed by atoms with Crippen LogP contribution in [0.1, 0.15) is 24.1 Å². The lowest BCUT2D eigenvalue weighted by molar-refractivity contribution is -0.385. The van der Waals surface area contributed by atoms with Gasteiger partial charge in [0.1, 0.15) is 0 Å². The van der Waals surface area contributed by atoms with Crippen molar-refractivity contribution in [1.82, 2.24) is 4.98 Å². The first-order valence-electron chi connectivity index (χ1n) is 6.88. The lowest BCUT2D eigenvalue weighted by atomic mass is 10.1. The molecule has 9 heteroatoms. The van der Waals surface area contributed by atoms with Crippen molar-refractivity contribution in [3.05, 3.63) is 51.0 Å². The summed E-state index contributed by atoms with van der Waals surface area (Å²) in [5.41, 5.74) is -0.496. The first-order valence-corrected chi connectivity index (χ1v) is 7.76. The number of benzene rings is 1. The zero-order chi connectivity index (χ0) is 16.6. The number of nitrogens with zero attached hydrogens (tertiary/aromatic N) is 3. The van der Waals surface area contributed by atoms with Crippen molar-refractivity contribution in [3.63, 3.8) is 0 Å². The number of hydrogen-bond acceptors (Lipinski definition) is 5. The van der Waals surface area contributed by atoms with Gasteiger partial charge in [-0.15, -0.1) is 11.3 Å². The van der Waals surface area contributed by atoms with Gasteiger partial charge in [-0.3, -0.25) is 10.1 Å². The van der Waals surface area contributed by atoms with Crippen molar-refractivity contribution in [3.8, 4) is 0 Å². The predicted molar refractivity (Wildman–Crippen MR) is 79.4 cm³/mol. The van der Waals surface area contributed by atoms with E-state index >= 15 is 0 Å². The van der Waals surface area contributed by atoms with E-state index in [4.69, 9.17) is 0 Å². The number of aromatic nitrogens is 1. The van der Waals surface area contributed by atoms with Gasteiger partial charge >= 0.3 is 6.18 Å². The third-order valence-corrected chi connectivity index (χ3v) is 4.42. The lowest BCUT2D eigenvalue weighted by Gasteiger charge is -2.21. The summed E-state index contributed by atoms with van der Waals surface area (Å²) in [6.45, 7) is 0.173. The summed E-state index contributed by atoms with van der Waals surface area (Å²) < 4.78 is 38.1. The van der Waals surface area contributed by atoms with Crippen molar-refractivity contribution in [2.24, 2.45) is 0 Å². The molecule has 122 valence electrons. The monoisotopic (exact) mass is 343 g/mol. The van der Waals surface area contributed by atoms with E-state index in [9.17, 15) is 23.3 Å². The molecule has 0 saturated heterocycles. The summed E-state index contributed by atoms with van der Waals surface area (Å²) in [6, 6.07) is 6.34. The molecule has 0 aliphatic heterocycles. The van der Waals surface area contributed by atoms with E-state index in [-0.39, 0.29) is 23.4 Å². The number of anilines is 1. The van der Waals surface area contributed by atoms with Crippen LogP contribution in [0.2, 0.25) is 0 Å². The standard InChI is InChI=1S/C14H12F3N3O2S/c15-14(16,17)12-8-23-13(18-12)19(10-5-6-10)7-9-3-1-2-4-11(9)20(21)22/h1-4,8,10H,5-7H2. The second-order valence-electron chi connectivity index (χ2n) is 5.26. The highest BCUT2D eigenvalue weighted by atomic mass is 32.1. The van der Waals surface area contributed by atoms with Crippen LogP contribution in [0.4, 0.5) is 24.0 Å². The van der Waals surface area contributed by atoms with Gasteiger partial charge in [0.2, 0.25) is 0 Å². The van der Waals surface area contributed by atoms with Gasteiger partial charge in [-0.05, 0) is 12.8 Å². The Morgan fingerprint density at radius 3 is 2.61 bits per heavy atom. The molecule has 0 N–H and O–H groups in total. The van der Waals surface area contributed by atoms with Gasteiger partial charge in [-0.25, -0.2) is 4.98 Å². The molecular weight excluding hydrogens is 331 g/mol. The summed E-state index contributed by atoms with van der Waals surface area (Å²) >= 11 is 0.911. The number of nitro benzene ring substituents is 1. The van der Waals surface area contributed by atoms with E-state index in [0.717, 1.165) is 29.6 Å². The highest BCUT2D eigenvalue weighted by Crippen LogP contribution is 2.38. The Balaban J connectivity index is 1.89. The molecule has 0 bridgehead atoms. The Morgan fingerprint density at radius 2 is 2.04 bits per heavy atom. The second kappa shape index (κ2) is 5.80. The molecule has 3 rings (SSSR count). The molecule has 0 unspecified atom stereocenters. The lowest BCUT2D eigenvalue weighted by Crippen LogP contribution is -2.25. The van der Waals surface area contributed by atoms with E-state index in [2.05, 4.69) is 4.98 Å². The minimum Gasteiger partial charge on any atom is -0.341 e. The van der Waals surface area contributed by atoms with Crippen LogP contribution in [0, 0.1) is 10.1 Å². The van der Waals surface area contributed by atoms with Crippen LogP contribution < -0.4 is 4.90 Å². The molecule has 1 aromatic carbocycles. The van der Waals surface area contributed by atoms with Crippen molar-refractivity contribution in [1.29, 1.82) is 0 Å². The number of hydrogen-bond donors (Lipinski definition) is 0. The third-order valence-electron chi connectivity index (χ3n) is 3.54. The molecule has 1 saturated carbocycles. The molecule has 0 spiro atoms. The Kier molecular flexibility index (Phi) is 3.97. The first-order chi connectivity index (χ1) is 10.9. The average molecular weight is 343 g/mol. The molecule has 1 aliphatic rings. The SMILES string of the molecule is O=[N+]([O-])c1ccccc1CN(c1nc(C(F)(F)F)cs1)C1CC1. The van der Waals surface area contributed by atoms with Gasteiger partial charge in [0, 0.05) is 23.1 Å². The van der Waals surface area contributed by atoms with Gasteiger partial charge in [-0.1, -0.05) is 18.2 Å². The third kappa shape index (κ3) is 3.44. The molecule has 0 atom stereocenters. The topological polar surface area (TPSA) is 59.3 Å². The molecule has 5 nitrogen and oxygen atoms in total. The van der Waals surface area contributed by atoms with Gasteiger partial charge < -0.3 is 4.90 Å². The fourth-order valence-corrected chi connectivity index (χ4v) is 3.18. The number of thiazole rings is 1. The zero-order valence-electron chi connectivity index (χ0n) is 11.8. The Bertz CT molecular complexity index is 728. The van der Waals surface area contributed by atoms with E-state index < -0.39 is 16.8 Å². The highest BCUT2D eigenvalue weighted by molar-refractivity contribution is 7.13. The maximum atomic E-state index is 12.7. The van der Waals surface area contributed by atoms with Gasteiger partial charge in [0.25, 0.3) is 5.69 Å². The van der Waals surface area contributed by atoms with Crippen molar-refractivity contribution >= 4 is 22.2 Å². The molecule has 1 aliphatic carbocycles. The van der Waals surface area contributed by atoms with E-state index in [1.54, 1.807) is 23.1 Å². The number of nitro groups is 1. The van der Waals surface area contributed by atoms with E-state index in [0.29, 0.717) is 5.56 Å². The van der Waals surface area contributed by atoms with E-state index in [1.807, 2.05) is 0 Å². The van der Waals surface area contributed by atoms with Crippen LogP contribution in [-0.2, 0) is 12.7 Å². The number of para-hydroxylation sites is 1. The van der Waals surface area contributed by atoms with E-state index in [1.165, 1.54) is 6.07 Å². The smallest absolute Gasteiger partial charge is 0.341 e. The fourth-order valence-electron chi connectivity index (χ4n) is 2.27. The van der Waals surface area contributed by atoms with Crippen LogP contribution >= 0.6 is 11.3 Å². The normalized spacial score (nSPS) is 14.7. The van der Waals surface area contributed by atoms with Gasteiger partial charge in [0.05, 0.1) is 11.5 Å². The van der Waals surface area contributed by atoms with Crippen LogP contribution in [-0.4, -0.2) is 15.9 Å². The van der Waals surface area contributed by atoms with Gasteiger partial charge in [0.15, 0.2) is 10.8 Å². The van der Waals surface area contributed by atoms with Gasteiger partial charge in [-0.2, -0.15) is 13.2 Å². The van der Waals surface area contributed by atoms with Crippen LogP contribution in [0.5, 0.6) is 0 Å². The molecule has 1 aromatic heterocycles. The van der Waals surface area contributed by atoms with Crippen molar-refractivity contribution in [2.75, 3.05) is 4.90 Å². The van der Waals surface area contributed by atoms with Crippen molar-refractivity contribution < 1.29 is 18.1 Å². The quantitative estimate of drug-likeness (QED) is 0.602. The highest BCUT2D eigenvalue weighted by Gasteiger charge is 2.37. The predicted octanol–water partition coefficient (Wildman–Crippen LogP) is 4.24. The number of halogens is 3. The summed E-state index contributed by atoms with van der Waals surface area (Å²) in [5, 5.41) is 12.3. The molecule has 1 heterocycles. The minimum atomic E-state index is -4.48. The number of rotatable bonds is 5. The molecule has 2 aromatic rings. The molecule has 0 radical (unpaired) electrons. The van der Waals surface area contributed by atoms with Crippen LogP contribution in [0.3, 0.4) is 0 Å². The maximum Gasteiger partial charge on any atom is 0.434 e. The van der Waals surface area contributed by atoms with Crippen LogP contribution in [0.15, 0.2) is 29.6 Å². The first kappa shape index (κ1) is 15.7. The Labute approximate surface area is 133 Å². The molecule has 23 heavy (non-hydrogen) atoms. The summed E-state index contributed by atoms with van der Waals surface area (Å²) in [7, 11) is 0. The summed E-state index contributed by atoms with van der Waals surface area (Å²) in [4.78, 5) is 16.0. The maximum absolute atomic E-state index is 12.7. The average Bonchev–Trinajstić information content (AvgIpc) is 3.19. The van der Waals surface area contributed by atoms with Crippen LogP contribution in [0.25, 0.3) is 0 Å². The second-order valence-corrected chi connectivity index (χ2v) is 6.09. The number of alkyl halides is 3. The molecule has 0 amide bonds. The largest absolute Gasteiger partial charge is 0.434 e.